The summed E-state index contributed by atoms with van der Waals surface area (Å²) in [5.74, 6) is -0.668. The van der Waals surface area contributed by atoms with Crippen molar-refractivity contribution in [2.45, 2.75) is 19.9 Å². The Morgan fingerprint density at radius 3 is 2.50 bits per heavy atom. The number of hydrogen-bond acceptors (Lipinski definition) is 2. The molecular formula is C18H18FNO2. The number of benzene rings is 2. The van der Waals surface area contributed by atoms with Gasteiger partial charge in [0.15, 0.2) is 0 Å². The molecule has 1 atom stereocenters. The zero-order chi connectivity index (χ0) is 16.1. The summed E-state index contributed by atoms with van der Waals surface area (Å²) in [6, 6.07) is 13.6. The normalized spacial score (nSPS) is 12.4. The Labute approximate surface area is 129 Å². The van der Waals surface area contributed by atoms with Crippen LogP contribution >= 0.6 is 0 Å². The summed E-state index contributed by atoms with van der Waals surface area (Å²) in [7, 11) is 0. The molecule has 0 aliphatic carbocycles. The monoisotopic (exact) mass is 299 g/mol. The summed E-state index contributed by atoms with van der Waals surface area (Å²) in [5, 5.41) is 10.2. The summed E-state index contributed by atoms with van der Waals surface area (Å²) in [4.78, 5) is 11.1. The summed E-state index contributed by atoms with van der Waals surface area (Å²) < 4.78 is 13.0. The molecule has 0 spiro atoms. The molecule has 0 aliphatic rings. The van der Waals surface area contributed by atoms with E-state index in [1.807, 2.05) is 30.3 Å². The van der Waals surface area contributed by atoms with E-state index in [-0.39, 0.29) is 5.82 Å². The van der Waals surface area contributed by atoms with E-state index < -0.39 is 11.9 Å². The number of nitrogens with zero attached hydrogens (tertiary/aromatic N) is 1. The first kappa shape index (κ1) is 15.9. The predicted octanol–water partition coefficient (Wildman–Crippen LogP) is 4.13. The van der Waals surface area contributed by atoms with Gasteiger partial charge in [0, 0.05) is 6.92 Å². The lowest BCUT2D eigenvalue weighted by atomic mass is 10.0. The molecule has 0 saturated carbocycles. The number of hydroxylamine groups is 2. The molecule has 2 aromatic carbocycles. The van der Waals surface area contributed by atoms with Gasteiger partial charge in [0.1, 0.15) is 5.82 Å². The van der Waals surface area contributed by atoms with Crippen molar-refractivity contribution in [2.24, 2.45) is 0 Å². The Hall–Kier alpha value is -2.46. The number of carbonyl (C=O) groups is 1. The van der Waals surface area contributed by atoms with Gasteiger partial charge in [-0.15, -0.1) is 0 Å². The van der Waals surface area contributed by atoms with Crippen molar-refractivity contribution in [2.75, 3.05) is 0 Å². The fraction of sp³-hybridized carbons (Fsp3) is 0.167. The molecule has 0 bridgehead atoms. The van der Waals surface area contributed by atoms with E-state index in [0.29, 0.717) is 5.06 Å². The second-order valence-electron chi connectivity index (χ2n) is 5.10. The SMILES string of the molecule is CC(=O)N(O)[C@H](C)C=Cc1cccc(-c2ccc(F)cc2)c1. The molecule has 1 amide bonds. The number of halogens is 1. The van der Waals surface area contributed by atoms with Gasteiger partial charge in [0.25, 0.3) is 0 Å². The van der Waals surface area contributed by atoms with E-state index in [9.17, 15) is 14.4 Å². The molecule has 0 unspecified atom stereocenters. The summed E-state index contributed by atoms with van der Waals surface area (Å²) in [6.07, 6.45) is 3.58. The number of carbonyl (C=O) groups excluding carboxylic acids is 1. The standard InChI is InChI=1S/C18H18FNO2/c1-13(20(22)14(2)21)6-7-15-4-3-5-17(12-15)16-8-10-18(19)11-9-16/h3-13,22H,1-2H3/t13-/m1/s1. The van der Waals surface area contributed by atoms with Gasteiger partial charge in [-0.25, -0.2) is 9.45 Å². The second-order valence-corrected chi connectivity index (χ2v) is 5.10. The molecule has 0 saturated heterocycles. The molecule has 0 radical (unpaired) electrons. The summed E-state index contributed by atoms with van der Waals surface area (Å²) >= 11 is 0. The van der Waals surface area contributed by atoms with Crippen LogP contribution in [0.1, 0.15) is 19.4 Å². The minimum atomic E-state index is -0.410. The molecule has 1 N–H and O–H groups in total. The highest BCUT2D eigenvalue weighted by Gasteiger charge is 2.10. The van der Waals surface area contributed by atoms with Crippen molar-refractivity contribution >= 4 is 12.0 Å². The van der Waals surface area contributed by atoms with E-state index in [1.54, 1.807) is 25.1 Å². The van der Waals surface area contributed by atoms with Crippen LogP contribution in [-0.2, 0) is 4.79 Å². The quantitative estimate of drug-likeness (QED) is 0.681. The molecule has 0 heterocycles. The van der Waals surface area contributed by atoms with Crippen LogP contribution in [0.15, 0.2) is 54.6 Å². The lowest BCUT2D eigenvalue weighted by Crippen LogP contribution is -2.32. The molecule has 2 rings (SSSR count). The molecule has 114 valence electrons. The third-order valence-electron chi connectivity index (χ3n) is 3.34. The molecule has 3 nitrogen and oxygen atoms in total. The average Bonchev–Trinajstić information content (AvgIpc) is 2.52. The van der Waals surface area contributed by atoms with Gasteiger partial charge in [-0.3, -0.25) is 10.0 Å². The lowest BCUT2D eigenvalue weighted by molar-refractivity contribution is -0.167. The first-order valence-electron chi connectivity index (χ1n) is 7.00. The van der Waals surface area contributed by atoms with E-state index >= 15 is 0 Å². The largest absolute Gasteiger partial charge is 0.285 e. The predicted molar refractivity (Wildman–Crippen MR) is 84.6 cm³/mol. The highest BCUT2D eigenvalue weighted by atomic mass is 19.1. The van der Waals surface area contributed by atoms with E-state index in [0.717, 1.165) is 16.7 Å². The van der Waals surface area contributed by atoms with Crippen LogP contribution in [0.3, 0.4) is 0 Å². The van der Waals surface area contributed by atoms with Crippen molar-refractivity contribution in [3.8, 4) is 11.1 Å². The van der Waals surface area contributed by atoms with Crippen molar-refractivity contribution < 1.29 is 14.4 Å². The van der Waals surface area contributed by atoms with E-state index in [4.69, 9.17) is 0 Å². The van der Waals surface area contributed by atoms with Crippen molar-refractivity contribution in [1.82, 2.24) is 5.06 Å². The van der Waals surface area contributed by atoms with Crippen LogP contribution in [0.25, 0.3) is 17.2 Å². The number of hydrogen-bond donors (Lipinski definition) is 1. The van der Waals surface area contributed by atoms with Crippen molar-refractivity contribution in [1.29, 1.82) is 0 Å². The highest BCUT2D eigenvalue weighted by molar-refractivity contribution is 5.72. The third-order valence-corrected chi connectivity index (χ3v) is 3.34. The van der Waals surface area contributed by atoms with Gasteiger partial charge in [-0.05, 0) is 41.8 Å². The van der Waals surface area contributed by atoms with E-state index in [1.165, 1.54) is 19.1 Å². The van der Waals surface area contributed by atoms with Crippen LogP contribution in [0, 0.1) is 5.82 Å². The Bertz CT molecular complexity index is 680. The molecular weight excluding hydrogens is 281 g/mol. The highest BCUT2D eigenvalue weighted by Crippen LogP contribution is 2.21. The molecule has 4 heteroatoms. The van der Waals surface area contributed by atoms with Gasteiger partial charge in [-0.1, -0.05) is 42.5 Å². The average molecular weight is 299 g/mol. The fourth-order valence-electron chi connectivity index (χ4n) is 2.08. The van der Waals surface area contributed by atoms with Crippen molar-refractivity contribution in [3.05, 3.63) is 66.0 Å². The number of rotatable bonds is 4. The minimum Gasteiger partial charge on any atom is -0.285 e. The van der Waals surface area contributed by atoms with Gasteiger partial charge in [-0.2, -0.15) is 0 Å². The molecule has 0 aliphatic heterocycles. The molecule has 0 fully saturated rings. The Balaban J connectivity index is 2.18. The van der Waals surface area contributed by atoms with Crippen LogP contribution in [0.5, 0.6) is 0 Å². The minimum absolute atomic E-state index is 0.263. The van der Waals surface area contributed by atoms with Crippen LogP contribution in [0.2, 0.25) is 0 Å². The Morgan fingerprint density at radius 1 is 1.18 bits per heavy atom. The fourth-order valence-corrected chi connectivity index (χ4v) is 2.08. The maximum atomic E-state index is 13.0. The van der Waals surface area contributed by atoms with Gasteiger partial charge >= 0.3 is 0 Å². The smallest absolute Gasteiger partial charge is 0.243 e. The molecule has 2 aromatic rings. The second kappa shape index (κ2) is 7.00. The summed E-state index contributed by atoms with van der Waals surface area (Å²) in [6.45, 7) is 3.03. The Morgan fingerprint density at radius 2 is 1.86 bits per heavy atom. The first-order chi connectivity index (χ1) is 10.5. The molecule has 22 heavy (non-hydrogen) atoms. The van der Waals surface area contributed by atoms with Crippen LogP contribution in [0.4, 0.5) is 4.39 Å². The Kier molecular flexibility index (Phi) is 5.07. The van der Waals surface area contributed by atoms with Gasteiger partial charge in [0.05, 0.1) is 6.04 Å². The maximum absolute atomic E-state index is 13.0. The zero-order valence-corrected chi connectivity index (χ0v) is 12.5. The topological polar surface area (TPSA) is 40.5 Å². The maximum Gasteiger partial charge on any atom is 0.243 e. The number of amides is 1. The summed E-state index contributed by atoms with van der Waals surface area (Å²) in [5.41, 5.74) is 2.84. The van der Waals surface area contributed by atoms with Crippen LogP contribution < -0.4 is 0 Å². The van der Waals surface area contributed by atoms with Gasteiger partial charge in [0.2, 0.25) is 5.91 Å². The lowest BCUT2D eigenvalue weighted by Gasteiger charge is -2.17. The molecule has 0 aromatic heterocycles. The first-order valence-corrected chi connectivity index (χ1v) is 7.00. The van der Waals surface area contributed by atoms with Gasteiger partial charge < -0.3 is 0 Å². The van der Waals surface area contributed by atoms with Crippen molar-refractivity contribution in [3.63, 3.8) is 0 Å². The van der Waals surface area contributed by atoms with Crippen LogP contribution in [-0.4, -0.2) is 22.2 Å². The third kappa shape index (κ3) is 4.02. The zero-order valence-electron chi connectivity index (χ0n) is 12.5. The van der Waals surface area contributed by atoms with E-state index in [2.05, 4.69) is 0 Å².